The van der Waals surface area contributed by atoms with Crippen molar-refractivity contribution in [2.75, 3.05) is 18.5 Å². The molecular formula is C29H28FN5O2S. The molecule has 0 aliphatic rings. The monoisotopic (exact) mass is 529 g/mol. The minimum Gasteiger partial charge on any atom is -0.504 e. The summed E-state index contributed by atoms with van der Waals surface area (Å²) < 4.78 is 13.4. The van der Waals surface area contributed by atoms with Crippen LogP contribution in [0.4, 0.5) is 15.8 Å². The summed E-state index contributed by atoms with van der Waals surface area (Å²) in [5.74, 6) is -1.01. The summed E-state index contributed by atoms with van der Waals surface area (Å²) in [7, 11) is 1.70. The third kappa shape index (κ3) is 5.47. The number of rotatable bonds is 9. The van der Waals surface area contributed by atoms with E-state index in [0.29, 0.717) is 23.5 Å². The summed E-state index contributed by atoms with van der Waals surface area (Å²) in [6.07, 6.45) is 2.71. The number of allylic oxidation sites excluding steroid dienone is 1. The molecule has 0 saturated carbocycles. The van der Waals surface area contributed by atoms with Gasteiger partial charge in [0.1, 0.15) is 16.3 Å². The summed E-state index contributed by atoms with van der Waals surface area (Å²) >= 11 is 1.17. The van der Waals surface area contributed by atoms with Crippen LogP contribution in [-0.4, -0.2) is 40.0 Å². The lowest BCUT2D eigenvalue weighted by molar-refractivity contribution is 0.412. The van der Waals surface area contributed by atoms with Gasteiger partial charge in [-0.15, -0.1) is 0 Å². The Morgan fingerprint density at radius 2 is 1.76 bits per heavy atom. The highest BCUT2D eigenvalue weighted by atomic mass is 32.2. The molecule has 0 fully saturated rings. The van der Waals surface area contributed by atoms with Crippen molar-refractivity contribution >= 4 is 34.9 Å². The number of nitrogens with one attached hydrogen (secondary N) is 2. The van der Waals surface area contributed by atoms with E-state index in [9.17, 15) is 14.6 Å². The molecule has 7 nitrogen and oxygen atoms in total. The van der Waals surface area contributed by atoms with E-state index >= 15 is 0 Å². The van der Waals surface area contributed by atoms with Gasteiger partial charge in [0.25, 0.3) is 0 Å². The molecule has 9 heteroatoms. The molecule has 4 rings (SSSR count). The van der Waals surface area contributed by atoms with Crippen molar-refractivity contribution < 1.29 is 14.6 Å². The van der Waals surface area contributed by atoms with Crippen molar-refractivity contribution in [3.05, 3.63) is 90.3 Å². The van der Waals surface area contributed by atoms with Gasteiger partial charge in [0, 0.05) is 53.4 Å². The Morgan fingerprint density at radius 1 is 1.05 bits per heavy atom. The maximum absolute atomic E-state index is 13.4. The number of hydrogen-bond donors (Lipinski definition) is 4. The van der Waals surface area contributed by atoms with Gasteiger partial charge >= 0.3 is 0 Å². The highest BCUT2D eigenvalue weighted by molar-refractivity contribution is 7.99. The number of pyridine rings is 2. The third-order valence-corrected chi connectivity index (χ3v) is 6.99. The van der Waals surface area contributed by atoms with E-state index in [4.69, 9.17) is 5.41 Å². The minimum absolute atomic E-state index is 0.144. The molecule has 0 aliphatic heterocycles. The first kappa shape index (κ1) is 26.7. The fourth-order valence-corrected chi connectivity index (χ4v) is 4.99. The Kier molecular flexibility index (Phi) is 8.28. The molecule has 0 spiro atoms. The maximum atomic E-state index is 13.4. The van der Waals surface area contributed by atoms with E-state index in [-0.39, 0.29) is 22.2 Å². The summed E-state index contributed by atoms with van der Waals surface area (Å²) in [5, 5.41) is 33.3. The maximum Gasteiger partial charge on any atom is 0.229 e. The van der Waals surface area contributed by atoms with Crippen molar-refractivity contribution in [3.8, 4) is 22.8 Å². The van der Waals surface area contributed by atoms with Crippen molar-refractivity contribution in [2.24, 2.45) is 0 Å². The van der Waals surface area contributed by atoms with Gasteiger partial charge in [-0.1, -0.05) is 42.1 Å². The van der Waals surface area contributed by atoms with Crippen LogP contribution in [0.2, 0.25) is 0 Å². The second kappa shape index (κ2) is 11.8. The Morgan fingerprint density at radius 3 is 2.37 bits per heavy atom. The fourth-order valence-electron chi connectivity index (χ4n) is 4.15. The summed E-state index contributed by atoms with van der Waals surface area (Å²) in [6, 6.07) is 20.0. The van der Waals surface area contributed by atoms with Gasteiger partial charge < -0.3 is 25.8 Å². The van der Waals surface area contributed by atoms with Crippen LogP contribution < -0.4 is 10.2 Å². The molecule has 2 heterocycles. The number of hydrogen-bond acceptors (Lipinski definition) is 8. The number of aromatic nitrogens is 2. The van der Waals surface area contributed by atoms with Gasteiger partial charge in [-0.25, -0.2) is 9.97 Å². The molecule has 0 unspecified atom stereocenters. The molecule has 4 N–H and O–H groups in total. The molecular weight excluding hydrogens is 501 g/mol. The third-order valence-electron chi connectivity index (χ3n) is 5.90. The number of anilines is 2. The highest BCUT2D eigenvalue weighted by Crippen LogP contribution is 2.49. The van der Waals surface area contributed by atoms with Crippen LogP contribution in [0.1, 0.15) is 18.3 Å². The first-order valence-corrected chi connectivity index (χ1v) is 12.8. The fraction of sp³-hybridized carbons (Fsp3) is 0.138. The lowest BCUT2D eigenvalue weighted by Crippen LogP contribution is -2.19. The zero-order valence-electron chi connectivity index (χ0n) is 21.2. The molecule has 4 aromatic rings. The van der Waals surface area contributed by atoms with E-state index in [1.165, 1.54) is 17.8 Å². The smallest absolute Gasteiger partial charge is 0.229 e. The van der Waals surface area contributed by atoms with Gasteiger partial charge in [0.05, 0.1) is 0 Å². The summed E-state index contributed by atoms with van der Waals surface area (Å²) in [6.45, 7) is 4.21. The molecule has 2 aromatic heterocycles. The predicted molar refractivity (Wildman–Crippen MR) is 151 cm³/mol. The second-order valence-electron chi connectivity index (χ2n) is 8.32. The zero-order chi connectivity index (χ0) is 27.2. The van der Waals surface area contributed by atoms with Crippen LogP contribution in [-0.2, 0) is 0 Å². The number of aryl methyl sites for hydroxylation is 1. The number of para-hydroxylation sites is 1. The quantitative estimate of drug-likeness (QED) is 0.144. The lowest BCUT2D eigenvalue weighted by Gasteiger charge is -2.27. The first-order valence-electron chi connectivity index (χ1n) is 12.0. The van der Waals surface area contributed by atoms with E-state index in [1.54, 1.807) is 26.2 Å². The van der Waals surface area contributed by atoms with Gasteiger partial charge in [-0.3, -0.25) is 0 Å². The van der Waals surface area contributed by atoms with Crippen LogP contribution in [0.5, 0.6) is 11.6 Å². The molecule has 194 valence electrons. The summed E-state index contributed by atoms with van der Waals surface area (Å²) in [5.41, 5.74) is 4.16. The Hall–Kier alpha value is -4.37. The first-order chi connectivity index (χ1) is 18.4. The van der Waals surface area contributed by atoms with Crippen LogP contribution in [0.15, 0.2) is 82.7 Å². The molecule has 2 aromatic carbocycles. The molecule has 0 aliphatic carbocycles. The SMILES string of the molecule is CCN(c1ccccc1)c1c(/C(C=N)=C/NC)nc(O)c(Sc2ccc(-c3ccc(F)nc3C)cc2)c1O. The topological polar surface area (TPSA) is 105 Å². The van der Waals surface area contributed by atoms with Crippen molar-refractivity contribution in [3.63, 3.8) is 0 Å². The predicted octanol–water partition coefficient (Wildman–Crippen LogP) is 6.52. The minimum atomic E-state index is -0.525. The van der Waals surface area contributed by atoms with Crippen molar-refractivity contribution in [2.45, 2.75) is 23.6 Å². The van der Waals surface area contributed by atoms with E-state index < -0.39 is 5.95 Å². The summed E-state index contributed by atoms with van der Waals surface area (Å²) in [4.78, 5) is 11.2. The van der Waals surface area contributed by atoms with Gasteiger partial charge in [0.2, 0.25) is 11.8 Å². The molecule has 0 atom stereocenters. The Bertz CT molecular complexity index is 1480. The Balaban J connectivity index is 1.79. The molecule has 38 heavy (non-hydrogen) atoms. The number of nitrogens with zero attached hydrogens (tertiary/aromatic N) is 3. The van der Waals surface area contributed by atoms with Gasteiger partial charge in [0.15, 0.2) is 5.75 Å². The average Bonchev–Trinajstić information content (AvgIpc) is 2.92. The highest BCUT2D eigenvalue weighted by Gasteiger charge is 2.26. The zero-order valence-corrected chi connectivity index (χ0v) is 22.1. The molecule has 0 saturated heterocycles. The van der Waals surface area contributed by atoms with Crippen molar-refractivity contribution in [1.29, 1.82) is 5.41 Å². The average molecular weight is 530 g/mol. The van der Waals surface area contributed by atoms with Crippen LogP contribution in [0, 0.1) is 18.3 Å². The van der Waals surface area contributed by atoms with E-state index in [2.05, 4.69) is 15.3 Å². The van der Waals surface area contributed by atoms with Gasteiger partial charge in [-0.05, 0) is 55.8 Å². The van der Waals surface area contributed by atoms with Crippen molar-refractivity contribution in [1.82, 2.24) is 15.3 Å². The molecule has 0 amide bonds. The number of aromatic hydroxyl groups is 2. The molecule has 0 bridgehead atoms. The van der Waals surface area contributed by atoms with Gasteiger partial charge in [-0.2, -0.15) is 4.39 Å². The van der Waals surface area contributed by atoms with Crippen LogP contribution in [0.25, 0.3) is 16.7 Å². The largest absolute Gasteiger partial charge is 0.504 e. The Labute approximate surface area is 225 Å². The lowest BCUT2D eigenvalue weighted by atomic mass is 10.1. The van der Waals surface area contributed by atoms with E-state index in [1.807, 2.05) is 66.4 Å². The van der Waals surface area contributed by atoms with Crippen LogP contribution in [0.3, 0.4) is 0 Å². The standard InChI is InChI=1S/C29H28FN5O2S/c1-4-35(21-8-6-5-7-9-21)26-25(20(16-31)17-32-3)34-29(37)28(27(26)36)38-22-12-10-19(11-13-22)23-14-15-24(30)33-18(23)2/h5-17,31-32H,4H2,1-3H3,(H2,34,36,37)/b20-17+,31-16?. The number of halogens is 1. The van der Waals surface area contributed by atoms with E-state index in [0.717, 1.165) is 27.9 Å². The molecule has 0 radical (unpaired) electrons. The normalized spacial score (nSPS) is 11.3. The second-order valence-corrected chi connectivity index (χ2v) is 9.40. The van der Waals surface area contributed by atoms with Crippen LogP contribution >= 0.6 is 11.8 Å². The number of benzene rings is 2.